The minimum atomic E-state index is 0.160. The molecule has 0 aromatic heterocycles. The first-order chi connectivity index (χ1) is 13.2. The van der Waals surface area contributed by atoms with Gasteiger partial charge >= 0.3 is 0 Å². The lowest BCUT2D eigenvalue weighted by atomic mass is 9.96. The van der Waals surface area contributed by atoms with Gasteiger partial charge in [0.2, 0.25) is 0 Å². The summed E-state index contributed by atoms with van der Waals surface area (Å²) in [5.74, 6) is 1.48. The second kappa shape index (κ2) is 8.80. The monoisotopic (exact) mass is 367 g/mol. The lowest BCUT2D eigenvalue weighted by molar-refractivity contribution is 0.318. The number of benzene rings is 2. The summed E-state index contributed by atoms with van der Waals surface area (Å²) in [6.45, 7) is 6.69. The van der Waals surface area contributed by atoms with Crippen LogP contribution in [0.2, 0.25) is 0 Å². The maximum Gasteiger partial charge on any atom is 0.191 e. The summed E-state index contributed by atoms with van der Waals surface area (Å²) in [6.07, 6.45) is 2.41. The van der Waals surface area contributed by atoms with E-state index in [1.807, 2.05) is 19.1 Å². The summed E-state index contributed by atoms with van der Waals surface area (Å²) in [7, 11) is 0. The predicted octanol–water partition coefficient (Wildman–Crippen LogP) is 3.58. The molecule has 1 aliphatic carbocycles. The highest BCUT2D eigenvalue weighted by molar-refractivity contribution is 5.80. The molecular weight excluding hydrogens is 338 g/mol. The molecule has 0 unspecified atom stereocenters. The summed E-state index contributed by atoms with van der Waals surface area (Å²) in [4.78, 5) is 4.70. The first-order valence-corrected chi connectivity index (χ1v) is 9.69. The molecule has 3 rings (SSSR count). The third-order valence-electron chi connectivity index (χ3n) is 4.92. The summed E-state index contributed by atoms with van der Waals surface area (Å²) in [5.41, 5.74) is 2.63. The Balaban J connectivity index is 1.64. The number of phenolic OH excluding ortho intramolecular Hbond substituents is 1. The average molecular weight is 367 g/mol. The van der Waals surface area contributed by atoms with E-state index in [2.05, 4.69) is 47.9 Å². The zero-order valence-electron chi connectivity index (χ0n) is 16.2. The van der Waals surface area contributed by atoms with Gasteiger partial charge in [0.05, 0.1) is 13.2 Å². The van der Waals surface area contributed by atoms with Crippen LogP contribution in [0.5, 0.6) is 11.5 Å². The van der Waals surface area contributed by atoms with Crippen molar-refractivity contribution in [3.8, 4) is 11.5 Å². The highest BCUT2D eigenvalue weighted by Crippen LogP contribution is 2.47. The van der Waals surface area contributed by atoms with Gasteiger partial charge in [0.15, 0.2) is 17.5 Å². The molecule has 0 bridgehead atoms. The average Bonchev–Trinajstić information content (AvgIpc) is 3.48. The number of aromatic hydroxyl groups is 1. The van der Waals surface area contributed by atoms with E-state index in [1.54, 1.807) is 6.07 Å². The minimum Gasteiger partial charge on any atom is -0.504 e. The first kappa shape index (κ1) is 19.1. The highest BCUT2D eigenvalue weighted by atomic mass is 16.5. The number of rotatable bonds is 8. The molecule has 0 amide bonds. The second-order valence-electron chi connectivity index (χ2n) is 6.93. The van der Waals surface area contributed by atoms with Crippen molar-refractivity contribution in [2.75, 3.05) is 19.7 Å². The Labute approximate surface area is 161 Å². The molecule has 0 saturated heterocycles. The Morgan fingerprint density at radius 1 is 1.11 bits per heavy atom. The molecule has 1 saturated carbocycles. The maximum atomic E-state index is 9.83. The van der Waals surface area contributed by atoms with Crippen LogP contribution in [0.1, 0.15) is 37.8 Å². The smallest absolute Gasteiger partial charge is 0.191 e. The molecule has 1 aliphatic rings. The molecule has 0 atom stereocenters. The molecular formula is C22H29N3O2. The molecule has 0 radical (unpaired) electrons. The van der Waals surface area contributed by atoms with Crippen molar-refractivity contribution >= 4 is 5.96 Å². The van der Waals surface area contributed by atoms with Gasteiger partial charge in [-0.3, -0.25) is 0 Å². The topological polar surface area (TPSA) is 65.9 Å². The minimum absolute atomic E-state index is 0.160. The number of guanidine groups is 1. The Morgan fingerprint density at radius 2 is 1.89 bits per heavy atom. The van der Waals surface area contributed by atoms with E-state index in [-0.39, 0.29) is 11.2 Å². The quantitative estimate of drug-likeness (QED) is 0.493. The maximum absolute atomic E-state index is 9.83. The van der Waals surface area contributed by atoms with Crippen LogP contribution in [-0.2, 0) is 12.0 Å². The molecule has 144 valence electrons. The zero-order valence-corrected chi connectivity index (χ0v) is 16.2. The van der Waals surface area contributed by atoms with E-state index in [4.69, 9.17) is 9.73 Å². The molecule has 0 spiro atoms. The number of hydrogen-bond donors (Lipinski definition) is 3. The van der Waals surface area contributed by atoms with Gasteiger partial charge in [0, 0.05) is 18.5 Å². The van der Waals surface area contributed by atoms with Crippen molar-refractivity contribution in [1.29, 1.82) is 0 Å². The van der Waals surface area contributed by atoms with E-state index in [1.165, 1.54) is 18.4 Å². The SMILES string of the molecule is CCNC(=NCc1ccc(O)c(OCC)c1)NCC1(c2ccccc2)CC1. The standard InChI is InChI=1S/C22H29N3O2/c1-3-23-21(24-15-17-10-11-19(26)20(14-17)27-4-2)25-16-22(12-13-22)18-8-6-5-7-9-18/h5-11,14,26H,3-4,12-13,15-16H2,1-2H3,(H2,23,24,25). The van der Waals surface area contributed by atoms with E-state index in [0.29, 0.717) is 18.9 Å². The van der Waals surface area contributed by atoms with Gasteiger partial charge in [-0.1, -0.05) is 36.4 Å². The number of nitrogens with zero attached hydrogens (tertiary/aromatic N) is 1. The van der Waals surface area contributed by atoms with Crippen molar-refractivity contribution in [2.45, 2.75) is 38.6 Å². The molecule has 0 heterocycles. The molecule has 27 heavy (non-hydrogen) atoms. The Morgan fingerprint density at radius 3 is 2.56 bits per heavy atom. The van der Waals surface area contributed by atoms with Gasteiger partial charge in [-0.2, -0.15) is 0 Å². The van der Waals surface area contributed by atoms with Gasteiger partial charge in [-0.25, -0.2) is 4.99 Å². The lowest BCUT2D eigenvalue weighted by Crippen LogP contribution is -2.41. The number of hydrogen-bond acceptors (Lipinski definition) is 3. The largest absolute Gasteiger partial charge is 0.504 e. The number of nitrogens with one attached hydrogen (secondary N) is 2. The van der Waals surface area contributed by atoms with Crippen LogP contribution in [-0.4, -0.2) is 30.8 Å². The fraction of sp³-hybridized carbons (Fsp3) is 0.409. The van der Waals surface area contributed by atoms with Crippen LogP contribution in [0.25, 0.3) is 0 Å². The molecule has 5 nitrogen and oxygen atoms in total. The molecule has 3 N–H and O–H groups in total. The summed E-state index contributed by atoms with van der Waals surface area (Å²) < 4.78 is 5.45. The fourth-order valence-corrected chi connectivity index (χ4v) is 3.20. The molecule has 2 aromatic rings. The van der Waals surface area contributed by atoms with Gasteiger partial charge in [-0.15, -0.1) is 0 Å². The van der Waals surface area contributed by atoms with E-state index < -0.39 is 0 Å². The van der Waals surface area contributed by atoms with Crippen molar-refractivity contribution in [3.63, 3.8) is 0 Å². The van der Waals surface area contributed by atoms with Crippen molar-refractivity contribution < 1.29 is 9.84 Å². The van der Waals surface area contributed by atoms with Gasteiger partial charge in [-0.05, 0) is 49.9 Å². The fourth-order valence-electron chi connectivity index (χ4n) is 3.20. The number of phenols is 1. The van der Waals surface area contributed by atoms with Gasteiger partial charge in [0.1, 0.15) is 0 Å². The Bertz CT molecular complexity index is 770. The van der Waals surface area contributed by atoms with Crippen LogP contribution in [0.4, 0.5) is 0 Å². The van der Waals surface area contributed by atoms with Crippen LogP contribution in [0.15, 0.2) is 53.5 Å². The van der Waals surface area contributed by atoms with E-state index in [9.17, 15) is 5.11 Å². The van der Waals surface area contributed by atoms with E-state index in [0.717, 1.165) is 24.6 Å². The summed E-state index contributed by atoms with van der Waals surface area (Å²) in [6, 6.07) is 16.1. The third kappa shape index (κ3) is 4.94. The third-order valence-corrected chi connectivity index (χ3v) is 4.92. The van der Waals surface area contributed by atoms with Crippen molar-refractivity contribution in [3.05, 3.63) is 59.7 Å². The van der Waals surface area contributed by atoms with Crippen LogP contribution < -0.4 is 15.4 Å². The van der Waals surface area contributed by atoms with Crippen molar-refractivity contribution in [1.82, 2.24) is 10.6 Å². The summed E-state index contributed by atoms with van der Waals surface area (Å²) >= 11 is 0. The van der Waals surface area contributed by atoms with Crippen LogP contribution >= 0.6 is 0 Å². The van der Waals surface area contributed by atoms with Gasteiger partial charge < -0.3 is 20.5 Å². The van der Waals surface area contributed by atoms with Crippen LogP contribution in [0, 0.1) is 0 Å². The second-order valence-corrected chi connectivity index (χ2v) is 6.93. The molecule has 2 aromatic carbocycles. The zero-order chi connectivity index (χ0) is 19.1. The first-order valence-electron chi connectivity index (χ1n) is 9.69. The lowest BCUT2D eigenvalue weighted by Gasteiger charge is -2.19. The molecule has 0 aliphatic heterocycles. The number of ether oxygens (including phenoxy) is 1. The van der Waals surface area contributed by atoms with Gasteiger partial charge in [0.25, 0.3) is 0 Å². The Kier molecular flexibility index (Phi) is 6.22. The highest BCUT2D eigenvalue weighted by Gasteiger charge is 2.43. The Hall–Kier alpha value is -2.69. The molecule has 1 fully saturated rings. The predicted molar refractivity (Wildman–Crippen MR) is 109 cm³/mol. The number of aliphatic imine (C=N–C) groups is 1. The van der Waals surface area contributed by atoms with E-state index >= 15 is 0 Å². The van der Waals surface area contributed by atoms with Crippen molar-refractivity contribution in [2.24, 2.45) is 4.99 Å². The van der Waals surface area contributed by atoms with Crippen LogP contribution in [0.3, 0.4) is 0 Å². The molecule has 5 heteroatoms. The normalized spacial score (nSPS) is 15.3. The summed E-state index contributed by atoms with van der Waals surface area (Å²) in [5, 5.41) is 16.6.